The molecule has 0 saturated heterocycles. The van der Waals surface area contributed by atoms with Crippen LogP contribution >= 0.6 is 11.3 Å². The normalized spacial score (nSPS) is 13.1. The van der Waals surface area contributed by atoms with Crippen molar-refractivity contribution >= 4 is 33.9 Å². The molecule has 4 nitrogen and oxygen atoms in total. The van der Waals surface area contributed by atoms with Crippen LogP contribution in [0.5, 0.6) is 11.5 Å². The van der Waals surface area contributed by atoms with Gasteiger partial charge in [-0.1, -0.05) is 12.1 Å². The lowest BCUT2D eigenvalue weighted by molar-refractivity contribution is -0.105. The third-order valence-electron chi connectivity index (χ3n) is 3.57. The van der Waals surface area contributed by atoms with Crippen molar-refractivity contribution in [3.8, 4) is 11.5 Å². The molecule has 1 aliphatic heterocycles. The molecule has 1 aliphatic rings. The zero-order valence-electron chi connectivity index (χ0n) is 12.2. The molecule has 0 atom stereocenters. The van der Waals surface area contributed by atoms with E-state index in [0.717, 1.165) is 38.6 Å². The molecule has 3 aromatic rings. The number of hydrogen-bond donors (Lipinski definition) is 0. The molecule has 0 amide bonds. The molecule has 0 unspecified atom stereocenters. The first-order valence-corrected chi connectivity index (χ1v) is 8.03. The summed E-state index contributed by atoms with van der Waals surface area (Å²) in [6, 6.07) is 13.7. The van der Waals surface area contributed by atoms with E-state index in [1.165, 1.54) is 0 Å². The molecule has 0 aliphatic carbocycles. The first-order valence-electron chi connectivity index (χ1n) is 7.22. The minimum Gasteiger partial charge on any atom is -0.488 e. The molecule has 0 saturated carbocycles. The first kappa shape index (κ1) is 14.0. The third kappa shape index (κ3) is 2.83. The maximum Gasteiger partial charge on any atom is 0.149 e. The fourth-order valence-electron chi connectivity index (χ4n) is 2.45. The summed E-state index contributed by atoms with van der Waals surface area (Å²) >= 11 is 1.63. The van der Waals surface area contributed by atoms with Gasteiger partial charge in [0.2, 0.25) is 0 Å². The molecule has 23 heavy (non-hydrogen) atoms. The van der Waals surface area contributed by atoms with Crippen LogP contribution in [0.15, 0.2) is 48.0 Å². The molecule has 1 aromatic heterocycles. The fraction of sp³-hybridized carbons (Fsp3) is 0.111. The highest BCUT2D eigenvalue weighted by Crippen LogP contribution is 2.30. The van der Waals surface area contributed by atoms with Crippen LogP contribution in [0.25, 0.3) is 16.3 Å². The second-order valence-electron chi connectivity index (χ2n) is 5.19. The topological polar surface area (TPSA) is 48.4 Å². The number of carbonyl (C=O) groups excluding carboxylic acids is 1. The van der Waals surface area contributed by atoms with E-state index >= 15 is 0 Å². The summed E-state index contributed by atoms with van der Waals surface area (Å²) < 4.78 is 12.6. The number of ether oxygens (including phenoxy) is 2. The summed E-state index contributed by atoms with van der Waals surface area (Å²) in [5, 5.41) is 0.938. The molecule has 114 valence electrons. The van der Waals surface area contributed by atoms with Crippen molar-refractivity contribution in [2.45, 2.75) is 6.61 Å². The van der Waals surface area contributed by atoms with Crippen molar-refractivity contribution in [1.82, 2.24) is 4.98 Å². The standard InChI is InChI=1S/C18H13NO3S/c20-9-12-7-13-5-6-14(8-16(13)22-10-12)21-11-18-19-15-3-1-2-4-17(15)23-18/h1-9H,10-11H2. The number of para-hydroxylation sites is 1. The lowest BCUT2D eigenvalue weighted by atomic mass is 10.1. The quantitative estimate of drug-likeness (QED) is 0.684. The van der Waals surface area contributed by atoms with Gasteiger partial charge in [0.25, 0.3) is 0 Å². The van der Waals surface area contributed by atoms with Crippen molar-refractivity contribution in [3.05, 3.63) is 58.6 Å². The van der Waals surface area contributed by atoms with Gasteiger partial charge in [0, 0.05) is 17.2 Å². The number of aldehydes is 1. The number of rotatable bonds is 4. The molecule has 0 radical (unpaired) electrons. The van der Waals surface area contributed by atoms with Crippen LogP contribution in [-0.4, -0.2) is 17.9 Å². The van der Waals surface area contributed by atoms with E-state index in [0.29, 0.717) is 18.8 Å². The zero-order valence-corrected chi connectivity index (χ0v) is 13.0. The Morgan fingerprint density at radius 2 is 2.17 bits per heavy atom. The smallest absolute Gasteiger partial charge is 0.149 e. The Hall–Kier alpha value is -2.66. The van der Waals surface area contributed by atoms with Gasteiger partial charge in [0.1, 0.15) is 36.0 Å². The second-order valence-corrected chi connectivity index (χ2v) is 6.30. The van der Waals surface area contributed by atoms with E-state index in [4.69, 9.17) is 9.47 Å². The van der Waals surface area contributed by atoms with Crippen molar-refractivity contribution in [3.63, 3.8) is 0 Å². The number of nitrogens with zero attached hydrogens (tertiary/aromatic N) is 1. The van der Waals surface area contributed by atoms with E-state index < -0.39 is 0 Å². The average Bonchev–Trinajstić information content (AvgIpc) is 3.02. The van der Waals surface area contributed by atoms with Crippen molar-refractivity contribution in [1.29, 1.82) is 0 Å². The predicted molar refractivity (Wildman–Crippen MR) is 89.9 cm³/mol. The maximum absolute atomic E-state index is 10.8. The molecule has 0 spiro atoms. The maximum atomic E-state index is 10.8. The van der Waals surface area contributed by atoms with Gasteiger partial charge in [0.05, 0.1) is 10.2 Å². The van der Waals surface area contributed by atoms with Crippen LogP contribution in [0.4, 0.5) is 0 Å². The highest BCUT2D eigenvalue weighted by molar-refractivity contribution is 7.18. The number of aromatic nitrogens is 1. The summed E-state index contributed by atoms with van der Waals surface area (Å²) in [5.41, 5.74) is 2.53. The van der Waals surface area contributed by atoms with Crippen LogP contribution in [0.2, 0.25) is 0 Å². The number of fused-ring (bicyclic) bond motifs is 2. The van der Waals surface area contributed by atoms with E-state index in [1.54, 1.807) is 11.3 Å². The lowest BCUT2D eigenvalue weighted by Gasteiger charge is -2.16. The third-order valence-corrected chi connectivity index (χ3v) is 4.58. The van der Waals surface area contributed by atoms with Gasteiger partial charge in [0.15, 0.2) is 0 Å². The van der Waals surface area contributed by atoms with Crippen molar-refractivity contribution < 1.29 is 14.3 Å². The Labute approximate surface area is 137 Å². The van der Waals surface area contributed by atoms with Crippen LogP contribution in [0.1, 0.15) is 10.6 Å². The van der Waals surface area contributed by atoms with Gasteiger partial charge in [-0.05, 0) is 30.3 Å². The largest absolute Gasteiger partial charge is 0.488 e. The minimum absolute atomic E-state index is 0.303. The fourth-order valence-corrected chi connectivity index (χ4v) is 3.33. The number of hydrogen-bond acceptors (Lipinski definition) is 5. The van der Waals surface area contributed by atoms with Gasteiger partial charge in [-0.25, -0.2) is 4.98 Å². The van der Waals surface area contributed by atoms with Crippen molar-refractivity contribution in [2.24, 2.45) is 0 Å². The Morgan fingerprint density at radius 1 is 1.26 bits per heavy atom. The molecule has 2 heterocycles. The van der Waals surface area contributed by atoms with E-state index in [9.17, 15) is 4.79 Å². The van der Waals surface area contributed by atoms with Gasteiger partial charge >= 0.3 is 0 Å². The number of thiazole rings is 1. The van der Waals surface area contributed by atoms with Crippen LogP contribution < -0.4 is 9.47 Å². The summed E-state index contributed by atoms with van der Waals surface area (Å²) in [5.74, 6) is 1.46. The monoisotopic (exact) mass is 323 g/mol. The molecule has 0 bridgehead atoms. The van der Waals surface area contributed by atoms with Crippen LogP contribution in [-0.2, 0) is 11.4 Å². The number of benzene rings is 2. The Kier molecular flexibility index (Phi) is 3.55. The van der Waals surface area contributed by atoms with Gasteiger partial charge in [-0.2, -0.15) is 0 Å². The summed E-state index contributed by atoms with van der Waals surface area (Å²) in [6.07, 6.45) is 2.66. The average molecular weight is 323 g/mol. The highest BCUT2D eigenvalue weighted by Gasteiger charge is 2.12. The molecule has 4 rings (SSSR count). The second kappa shape index (κ2) is 5.85. The predicted octanol–water partition coefficient (Wildman–Crippen LogP) is 3.85. The molecular weight excluding hydrogens is 310 g/mol. The van der Waals surface area contributed by atoms with Gasteiger partial charge in [-0.15, -0.1) is 11.3 Å². The summed E-state index contributed by atoms with van der Waals surface area (Å²) in [6.45, 7) is 0.728. The highest BCUT2D eigenvalue weighted by atomic mass is 32.1. The van der Waals surface area contributed by atoms with E-state index in [2.05, 4.69) is 11.1 Å². The molecule has 5 heteroatoms. The van der Waals surface area contributed by atoms with E-state index in [-0.39, 0.29) is 0 Å². The summed E-state index contributed by atoms with van der Waals surface area (Å²) in [7, 11) is 0. The van der Waals surface area contributed by atoms with Gasteiger partial charge < -0.3 is 9.47 Å². The van der Waals surface area contributed by atoms with Crippen molar-refractivity contribution in [2.75, 3.05) is 6.61 Å². The van der Waals surface area contributed by atoms with E-state index in [1.807, 2.05) is 42.5 Å². The SMILES string of the molecule is O=CC1=Cc2ccc(OCc3nc4ccccc4s3)cc2OC1. The van der Waals surface area contributed by atoms with Crippen LogP contribution in [0, 0.1) is 0 Å². The molecule has 0 N–H and O–H groups in total. The van der Waals surface area contributed by atoms with Crippen LogP contribution in [0.3, 0.4) is 0 Å². The first-order chi connectivity index (χ1) is 11.3. The summed E-state index contributed by atoms with van der Waals surface area (Å²) in [4.78, 5) is 15.3. The number of carbonyl (C=O) groups is 1. The Bertz CT molecular complexity index is 881. The zero-order chi connectivity index (χ0) is 15.6. The molecule has 2 aromatic carbocycles. The Morgan fingerprint density at radius 3 is 3.04 bits per heavy atom. The Balaban J connectivity index is 1.51. The molecule has 0 fully saturated rings. The molecular formula is C18H13NO3S. The van der Waals surface area contributed by atoms with Gasteiger partial charge in [-0.3, -0.25) is 4.79 Å². The lowest BCUT2D eigenvalue weighted by Crippen LogP contribution is -2.08. The minimum atomic E-state index is 0.303.